The van der Waals surface area contributed by atoms with E-state index in [1.807, 2.05) is 13.8 Å². The van der Waals surface area contributed by atoms with Crippen molar-refractivity contribution in [1.29, 1.82) is 0 Å². The van der Waals surface area contributed by atoms with Gasteiger partial charge in [-0.1, -0.05) is 12.8 Å². The molecule has 1 aliphatic rings. The Morgan fingerprint density at radius 1 is 1.44 bits per heavy atom. The van der Waals surface area contributed by atoms with Crippen molar-refractivity contribution < 1.29 is 9.53 Å². The smallest absolute Gasteiger partial charge is 0.307 e. The highest BCUT2D eigenvalue weighted by Gasteiger charge is 2.19. The lowest BCUT2D eigenvalue weighted by molar-refractivity contribution is -0.143. The molecule has 0 aromatic carbocycles. The van der Waals surface area contributed by atoms with Crippen molar-refractivity contribution in [1.82, 2.24) is 10.2 Å². The fourth-order valence-electron chi connectivity index (χ4n) is 2.56. The lowest BCUT2D eigenvalue weighted by atomic mass is 10.2. The van der Waals surface area contributed by atoms with Gasteiger partial charge in [0.15, 0.2) is 0 Å². The van der Waals surface area contributed by atoms with Gasteiger partial charge in [0.05, 0.1) is 13.0 Å². The molecule has 1 saturated carbocycles. The van der Waals surface area contributed by atoms with Crippen LogP contribution in [0.15, 0.2) is 0 Å². The summed E-state index contributed by atoms with van der Waals surface area (Å²) in [5.41, 5.74) is 0. The van der Waals surface area contributed by atoms with Crippen LogP contribution in [0.4, 0.5) is 0 Å². The molecule has 1 rings (SSSR count). The number of esters is 1. The van der Waals surface area contributed by atoms with E-state index in [-0.39, 0.29) is 12.0 Å². The van der Waals surface area contributed by atoms with Gasteiger partial charge in [-0.05, 0) is 33.7 Å². The second-order valence-corrected chi connectivity index (χ2v) is 5.28. The molecule has 4 heteroatoms. The first kappa shape index (κ1) is 15.4. The van der Waals surface area contributed by atoms with Crippen molar-refractivity contribution >= 4 is 5.97 Å². The van der Waals surface area contributed by atoms with Crippen LogP contribution < -0.4 is 5.32 Å². The first-order valence-corrected chi connectivity index (χ1v) is 7.22. The molecule has 1 fully saturated rings. The normalized spacial score (nSPS) is 18.2. The zero-order chi connectivity index (χ0) is 13.4. The quantitative estimate of drug-likeness (QED) is 0.672. The molecule has 0 aromatic rings. The molecule has 106 valence electrons. The maximum atomic E-state index is 11.3. The summed E-state index contributed by atoms with van der Waals surface area (Å²) >= 11 is 0. The van der Waals surface area contributed by atoms with Crippen LogP contribution in [-0.4, -0.2) is 49.7 Å². The van der Waals surface area contributed by atoms with E-state index >= 15 is 0 Å². The Labute approximate surface area is 111 Å². The maximum Gasteiger partial charge on any atom is 0.307 e. The SMILES string of the molecule is CCOC(=O)CC(C)NCCN(C)C1CCCC1. The molecule has 0 heterocycles. The van der Waals surface area contributed by atoms with Crippen LogP contribution in [0.2, 0.25) is 0 Å². The number of ether oxygens (including phenoxy) is 1. The van der Waals surface area contributed by atoms with Crippen LogP contribution in [0.1, 0.15) is 46.0 Å². The number of nitrogens with zero attached hydrogens (tertiary/aromatic N) is 1. The fraction of sp³-hybridized carbons (Fsp3) is 0.929. The molecule has 0 bridgehead atoms. The molecular weight excluding hydrogens is 228 g/mol. The third kappa shape index (κ3) is 5.83. The predicted octanol–water partition coefficient (Wildman–Crippen LogP) is 1.79. The fourth-order valence-corrected chi connectivity index (χ4v) is 2.56. The monoisotopic (exact) mass is 256 g/mol. The molecule has 0 aliphatic heterocycles. The predicted molar refractivity (Wildman–Crippen MR) is 73.6 cm³/mol. The highest BCUT2D eigenvalue weighted by atomic mass is 16.5. The zero-order valence-electron chi connectivity index (χ0n) is 12.1. The molecule has 0 aromatic heterocycles. The van der Waals surface area contributed by atoms with E-state index < -0.39 is 0 Å². The van der Waals surface area contributed by atoms with Crippen molar-refractivity contribution in [2.45, 2.75) is 58.0 Å². The summed E-state index contributed by atoms with van der Waals surface area (Å²) < 4.78 is 4.93. The van der Waals surface area contributed by atoms with E-state index in [0.29, 0.717) is 13.0 Å². The summed E-state index contributed by atoms with van der Waals surface area (Å²) in [6.45, 7) is 6.33. The number of hydrogen-bond donors (Lipinski definition) is 1. The molecule has 0 radical (unpaired) electrons. The van der Waals surface area contributed by atoms with E-state index in [4.69, 9.17) is 4.74 Å². The van der Waals surface area contributed by atoms with Crippen LogP contribution >= 0.6 is 0 Å². The molecule has 0 spiro atoms. The molecule has 4 nitrogen and oxygen atoms in total. The second kappa shape index (κ2) is 8.48. The molecule has 1 N–H and O–H groups in total. The van der Waals surface area contributed by atoms with Crippen LogP contribution in [0.5, 0.6) is 0 Å². The summed E-state index contributed by atoms with van der Waals surface area (Å²) in [6.07, 6.45) is 5.90. The minimum absolute atomic E-state index is 0.110. The van der Waals surface area contributed by atoms with E-state index in [1.165, 1.54) is 25.7 Å². The number of hydrogen-bond acceptors (Lipinski definition) is 4. The van der Waals surface area contributed by atoms with Crippen molar-refractivity contribution in [2.24, 2.45) is 0 Å². The standard InChI is InChI=1S/C14H28N2O2/c1-4-18-14(17)11-12(2)15-9-10-16(3)13-7-5-6-8-13/h12-13,15H,4-11H2,1-3H3. The average Bonchev–Trinajstić information content (AvgIpc) is 2.82. The molecule has 1 atom stereocenters. The molecule has 18 heavy (non-hydrogen) atoms. The van der Waals surface area contributed by atoms with Crippen molar-refractivity contribution in [2.75, 3.05) is 26.7 Å². The number of likely N-dealkylation sites (N-methyl/N-ethyl adjacent to an activating group) is 1. The van der Waals surface area contributed by atoms with Gasteiger partial charge in [0.2, 0.25) is 0 Å². The first-order chi connectivity index (χ1) is 8.63. The first-order valence-electron chi connectivity index (χ1n) is 7.22. The van der Waals surface area contributed by atoms with E-state index in [0.717, 1.165) is 19.1 Å². The Morgan fingerprint density at radius 2 is 2.11 bits per heavy atom. The zero-order valence-corrected chi connectivity index (χ0v) is 12.1. The topological polar surface area (TPSA) is 41.6 Å². The van der Waals surface area contributed by atoms with Gasteiger partial charge < -0.3 is 15.0 Å². The van der Waals surface area contributed by atoms with E-state index in [9.17, 15) is 4.79 Å². The second-order valence-electron chi connectivity index (χ2n) is 5.28. The number of rotatable bonds is 8. The lowest BCUT2D eigenvalue weighted by Gasteiger charge is -2.24. The Balaban J connectivity index is 2.07. The summed E-state index contributed by atoms with van der Waals surface area (Å²) in [7, 11) is 2.20. The highest BCUT2D eigenvalue weighted by molar-refractivity contribution is 5.69. The highest BCUT2D eigenvalue weighted by Crippen LogP contribution is 2.21. The Kier molecular flexibility index (Phi) is 7.28. The van der Waals surface area contributed by atoms with E-state index in [2.05, 4.69) is 17.3 Å². The molecule has 1 unspecified atom stereocenters. The van der Waals surface area contributed by atoms with Crippen molar-refractivity contribution in [3.63, 3.8) is 0 Å². The number of nitrogens with one attached hydrogen (secondary N) is 1. The Morgan fingerprint density at radius 3 is 2.72 bits per heavy atom. The van der Waals surface area contributed by atoms with Crippen LogP contribution in [0.25, 0.3) is 0 Å². The van der Waals surface area contributed by atoms with Crippen LogP contribution in [0, 0.1) is 0 Å². The minimum atomic E-state index is -0.110. The number of carbonyl (C=O) groups is 1. The average molecular weight is 256 g/mol. The van der Waals surface area contributed by atoms with Gasteiger partial charge in [-0.25, -0.2) is 0 Å². The maximum absolute atomic E-state index is 11.3. The third-order valence-electron chi connectivity index (χ3n) is 3.68. The molecule has 0 saturated heterocycles. The summed E-state index contributed by atoms with van der Waals surface area (Å²) in [6, 6.07) is 0.966. The van der Waals surface area contributed by atoms with Gasteiger partial charge in [-0.2, -0.15) is 0 Å². The summed E-state index contributed by atoms with van der Waals surface area (Å²) in [5.74, 6) is -0.110. The van der Waals surface area contributed by atoms with Crippen molar-refractivity contribution in [3.8, 4) is 0 Å². The summed E-state index contributed by atoms with van der Waals surface area (Å²) in [5, 5.41) is 3.38. The van der Waals surface area contributed by atoms with Crippen molar-refractivity contribution in [3.05, 3.63) is 0 Å². The number of carbonyl (C=O) groups excluding carboxylic acids is 1. The van der Waals surface area contributed by atoms with Crippen LogP contribution in [-0.2, 0) is 9.53 Å². The molecular formula is C14H28N2O2. The van der Waals surface area contributed by atoms with Gasteiger partial charge in [0.25, 0.3) is 0 Å². The Hall–Kier alpha value is -0.610. The van der Waals surface area contributed by atoms with Crippen LogP contribution in [0.3, 0.4) is 0 Å². The van der Waals surface area contributed by atoms with Gasteiger partial charge in [0, 0.05) is 25.2 Å². The van der Waals surface area contributed by atoms with Gasteiger partial charge in [0.1, 0.15) is 0 Å². The third-order valence-corrected chi connectivity index (χ3v) is 3.68. The minimum Gasteiger partial charge on any atom is -0.466 e. The molecule has 1 aliphatic carbocycles. The largest absolute Gasteiger partial charge is 0.466 e. The lowest BCUT2D eigenvalue weighted by Crippen LogP contribution is -2.38. The summed E-state index contributed by atoms with van der Waals surface area (Å²) in [4.78, 5) is 13.7. The Bertz CT molecular complexity index is 240. The van der Waals surface area contributed by atoms with Gasteiger partial charge in [-0.3, -0.25) is 4.79 Å². The van der Waals surface area contributed by atoms with Gasteiger partial charge in [-0.15, -0.1) is 0 Å². The molecule has 0 amide bonds. The van der Waals surface area contributed by atoms with E-state index in [1.54, 1.807) is 0 Å². The van der Waals surface area contributed by atoms with Gasteiger partial charge >= 0.3 is 5.97 Å².